The minimum absolute atomic E-state index is 0.0659. The number of nitrogens with one attached hydrogen (secondary N) is 1. The summed E-state index contributed by atoms with van der Waals surface area (Å²) in [7, 11) is 1.97. The number of carbonyl (C=O) groups is 1. The maximum absolute atomic E-state index is 12.6. The predicted molar refractivity (Wildman–Crippen MR) is 90.4 cm³/mol. The summed E-state index contributed by atoms with van der Waals surface area (Å²) in [5, 5.41) is 12.7. The molecule has 2 unspecified atom stereocenters. The first-order valence-corrected chi connectivity index (χ1v) is 8.45. The van der Waals surface area contributed by atoms with Crippen LogP contribution in [0.2, 0.25) is 0 Å². The highest BCUT2D eigenvalue weighted by atomic mass is 16.3. The van der Waals surface area contributed by atoms with Crippen LogP contribution in [0, 0.1) is 12.8 Å². The van der Waals surface area contributed by atoms with Crippen LogP contribution in [0.4, 0.5) is 0 Å². The van der Waals surface area contributed by atoms with Gasteiger partial charge in [0.25, 0.3) is 5.91 Å². The summed E-state index contributed by atoms with van der Waals surface area (Å²) < 4.78 is 2.02. The maximum Gasteiger partial charge on any atom is 0.251 e. The smallest absolute Gasteiger partial charge is 0.251 e. The number of aliphatic hydroxyl groups excluding tert-OH is 1. The van der Waals surface area contributed by atoms with Gasteiger partial charge >= 0.3 is 0 Å². The standard InChI is InChI=1S/C18H25N3O2/c1-12-19-16-10-13(8-9-17(16)21(12)2)18(23)20-15-7-5-3-4-6-14(15)11-22/h8-10,14-15,22H,3-7,11H2,1-2H3,(H,20,23). The number of aliphatic hydroxyl groups is 1. The normalized spacial score (nSPS) is 22.0. The molecule has 5 heteroatoms. The van der Waals surface area contributed by atoms with Gasteiger partial charge < -0.3 is 15.0 Å². The van der Waals surface area contributed by atoms with Crippen LogP contribution < -0.4 is 5.32 Å². The van der Waals surface area contributed by atoms with Gasteiger partial charge in [-0.1, -0.05) is 19.3 Å². The lowest BCUT2D eigenvalue weighted by atomic mass is 9.95. The Morgan fingerprint density at radius 2 is 2.13 bits per heavy atom. The van der Waals surface area contributed by atoms with Crippen molar-refractivity contribution in [1.82, 2.24) is 14.9 Å². The Kier molecular flexibility index (Phi) is 4.66. The molecule has 0 spiro atoms. The van der Waals surface area contributed by atoms with Crippen LogP contribution in [0.15, 0.2) is 18.2 Å². The number of aromatic nitrogens is 2. The van der Waals surface area contributed by atoms with Gasteiger partial charge in [-0.25, -0.2) is 4.98 Å². The SMILES string of the molecule is Cc1nc2cc(C(=O)NC3CCCCCC3CO)ccc2n1C. The van der Waals surface area contributed by atoms with Gasteiger partial charge in [-0.3, -0.25) is 4.79 Å². The topological polar surface area (TPSA) is 67.2 Å². The molecule has 2 atom stereocenters. The first kappa shape index (κ1) is 16.0. The summed E-state index contributed by atoms with van der Waals surface area (Å²) in [6.07, 6.45) is 5.36. The lowest BCUT2D eigenvalue weighted by Gasteiger charge is -2.24. The first-order chi connectivity index (χ1) is 11.1. The van der Waals surface area contributed by atoms with E-state index in [1.54, 1.807) is 0 Å². The van der Waals surface area contributed by atoms with E-state index in [4.69, 9.17) is 0 Å². The van der Waals surface area contributed by atoms with Gasteiger partial charge in [0.05, 0.1) is 11.0 Å². The lowest BCUT2D eigenvalue weighted by molar-refractivity contribution is 0.0899. The van der Waals surface area contributed by atoms with E-state index >= 15 is 0 Å². The highest BCUT2D eigenvalue weighted by Gasteiger charge is 2.25. The zero-order valence-corrected chi connectivity index (χ0v) is 13.9. The van der Waals surface area contributed by atoms with Crippen LogP contribution in [0.1, 0.15) is 48.3 Å². The molecule has 1 fully saturated rings. The number of amides is 1. The van der Waals surface area contributed by atoms with Gasteiger partial charge in [-0.2, -0.15) is 0 Å². The molecular weight excluding hydrogens is 290 g/mol. The Morgan fingerprint density at radius 3 is 2.91 bits per heavy atom. The first-order valence-electron chi connectivity index (χ1n) is 8.45. The number of hydrogen-bond acceptors (Lipinski definition) is 3. The fourth-order valence-corrected chi connectivity index (χ4v) is 3.51. The molecule has 1 aliphatic rings. The minimum atomic E-state index is -0.0689. The van der Waals surface area contributed by atoms with E-state index in [2.05, 4.69) is 10.3 Å². The number of fused-ring (bicyclic) bond motifs is 1. The van der Waals surface area contributed by atoms with Crippen LogP contribution in [-0.2, 0) is 7.05 Å². The van der Waals surface area contributed by atoms with Crippen molar-refractivity contribution < 1.29 is 9.90 Å². The summed E-state index contributed by atoms with van der Waals surface area (Å²) in [6.45, 7) is 2.10. The van der Waals surface area contributed by atoms with Gasteiger partial charge in [0.15, 0.2) is 0 Å². The number of imidazole rings is 1. The highest BCUT2D eigenvalue weighted by molar-refractivity contribution is 5.97. The highest BCUT2D eigenvalue weighted by Crippen LogP contribution is 2.24. The molecule has 1 heterocycles. The van der Waals surface area contributed by atoms with Crippen molar-refractivity contribution in [2.45, 2.75) is 45.1 Å². The number of hydrogen-bond donors (Lipinski definition) is 2. The van der Waals surface area contributed by atoms with Crippen LogP contribution in [0.25, 0.3) is 11.0 Å². The van der Waals surface area contributed by atoms with Crippen LogP contribution in [-0.4, -0.2) is 33.2 Å². The third-order valence-corrected chi connectivity index (χ3v) is 5.08. The van der Waals surface area contributed by atoms with Gasteiger partial charge in [0, 0.05) is 31.2 Å². The molecule has 23 heavy (non-hydrogen) atoms. The maximum atomic E-state index is 12.6. The Bertz CT molecular complexity index is 708. The minimum Gasteiger partial charge on any atom is -0.396 e. The molecule has 5 nitrogen and oxygen atoms in total. The van der Waals surface area contributed by atoms with E-state index in [1.807, 2.05) is 36.7 Å². The van der Waals surface area contributed by atoms with Gasteiger partial charge in [-0.05, 0) is 38.0 Å². The van der Waals surface area contributed by atoms with Crippen LogP contribution in [0.3, 0.4) is 0 Å². The quantitative estimate of drug-likeness (QED) is 0.855. The zero-order valence-electron chi connectivity index (χ0n) is 13.9. The van der Waals surface area contributed by atoms with E-state index in [-0.39, 0.29) is 24.5 Å². The molecule has 2 aromatic rings. The zero-order chi connectivity index (χ0) is 16.4. The van der Waals surface area contributed by atoms with Crippen molar-refractivity contribution >= 4 is 16.9 Å². The van der Waals surface area contributed by atoms with E-state index < -0.39 is 0 Å². The van der Waals surface area contributed by atoms with Gasteiger partial charge in [0.2, 0.25) is 0 Å². The summed E-state index contributed by atoms with van der Waals surface area (Å²) >= 11 is 0. The van der Waals surface area contributed by atoms with Crippen LogP contribution in [0.5, 0.6) is 0 Å². The van der Waals surface area contributed by atoms with Gasteiger partial charge in [-0.15, -0.1) is 0 Å². The Morgan fingerprint density at radius 1 is 1.35 bits per heavy atom. The average molecular weight is 315 g/mol. The third-order valence-electron chi connectivity index (χ3n) is 5.08. The number of nitrogens with zero attached hydrogens (tertiary/aromatic N) is 2. The summed E-state index contributed by atoms with van der Waals surface area (Å²) in [4.78, 5) is 17.1. The molecule has 1 aliphatic carbocycles. The van der Waals surface area contributed by atoms with Gasteiger partial charge in [0.1, 0.15) is 5.82 Å². The third kappa shape index (κ3) is 3.24. The number of aryl methyl sites for hydroxylation is 2. The van der Waals surface area contributed by atoms with E-state index in [0.717, 1.165) is 42.5 Å². The summed E-state index contributed by atoms with van der Waals surface area (Å²) in [5.41, 5.74) is 2.51. The molecule has 1 aromatic carbocycles. The second-order valence-corrected chi connectivity index (χ2v) is 6.58. The molecule has 124 valence electrons. The number of rotatable bonds is 3. The Labute approximate surface area is 136 Å². The molecule has 0 saturated heterocycles. The van der Waals surface area contributed by atoms with Crippen molar-refractivity contribution in [3.8, 4) is 0 Å². The van der Waals surface area contributed by atoms with E-state index in [9.17, 15) is 9.90 Å². The molecule has 1 amide bonds. The molecule has 0 bridgehead atoms. The van der Waals surface area contributed by atoms with Crippen molar-refractivity contribution in [2.75, 3.05) is 6.61 Å². The summed E-state index contributed by atoms with van der Waals surface area (Å²) in [6, 6.07) is 5.71. The number of carbonyl (C=O) groups excluding carboxylic acids is 1. The molecule has 0 aliphatic heterocycles. The molecule has 1 saturated carbocycles. The molecular formula is C18H25N3O2. The van der Waals surface area contributed by atoms with Crippen molar-refractivity contribution in [3.05, 3.63) is 29.6 Å². The average Bonchev–Trinajstić information content (AvgIpc) is 2.72. The molecule has 1 aromatic heterocycles. The number of benzene rings is 1. The largest absolute Gasteiger partial charge is 0.396 e. The molecule has 0 radical (unpaired) electrons. The van der Waals surface area contributed by atoms with E-state index in [1.165, 1.54) is 6.42 Å². The fraction of sp³-hybridized carbons (Fsp3) is 0.556. The van der Waals surface area contributed by atoms with Crippen molar-refractivity contribution in [3.63, 3.8) is 0 Å². The predicted octanol–water partition coefficient (Wildman–Crippen LogP) is 2.55. The fourth-order valence-electron chi connectivity index (χ4n) is 3.51. The van der Waals surface area contributed by atoms with Crippen LogP contribution >= 0.6 is 0 Å². The van der Waals surface area contributed by atoms with Crippen molar-refractivity contribution in [1.29, 1.82) is 0 Å². The molecule has 3 rings (SSSR count). The monoisotopic (exact) mass is 315 g/mol. The Balaban J connectivity index is 1.79. The molecule has 2 N–H and O–H groups in total. The Hall–Kier alpha value is -1.88. The second-order valence-electron chi connectivity index (χ2n) is 6.58. The van der Waals surface area contributed by atoms with Crippen molar-refractivity contribution in [2.24, 2.45) is 13.0 Å². The lowest BCUT2D eigenvalue weighted by Crippen LogP contribution is -2.41. The van der Waals surface area contributed by atoms with E-state index in [0.29, 0.717) is 5.56 Å². The summed E-state index contributed by atoms with van der Waals surface area (Å²) in [5.74, 6) is 1.03. The second kappa shape index (κ2) is 6.71.